The predicted octanol–water partition coefficient (Wildman–Crippen LogP) is 2.48. The topological polar surface area (TPSA) is 66.1 Å². The number of aromatic amines is 1. The van der Waals surface area contributed by atoms with Gasteiger partial charge >= 0.3 is 0 Å². The highest BCUT2D eigenvalue weighted by Crippen LogP contribution is 2.29. The maximum atomic E-state index is 5.30. The molecule has 0 aliphatic carbocycles. The lowest BCUT2D eigenvalue weighted by Crippen LogP contribution is -2.16. The van der Waals surface area contributed by atoms with Gasteiger partial charge in [0.05, 0.1) is 7.11 Å². The van der Waals surface area contributed by atoms with E-state index in [1.54, 1.807) is 13.4 Å². The molecule has 2 aromatic heterocycles. The molecule has 0 bridgehead atoms. The molecular weight excluding hydrogens is 278 g/mol. The molecule has 0 aliphatic heterocycles. The third kappa shape index (κ3) is 2.82. The zero-order chi connectivity index (χ0) is 15.5. The molecule has 0 saturated carbocycles. The number of hydrogen-bond acceptors (Lipinski definition) is 5. The molecule has 0 aliphatic rings. The number of methoxy groups -OCH3 is 1. The van der Waals surface area contributed by atoms with Crippen molar-refractivity contribution in [2.24, 2.45) is 0 Å². The fraction of sp³-hybridized carbons (Fsp3) is 0.375. The zero-order valence-electron chi connectivity index (χ0n) is 13.2. The maximum absolute atomic E-state index is 5.30. The van der Waals surface area contributed by atoms with E-state index in [1.807, 2.05) is 18.2 Å². The van der Waals surface area contributed by atoms with Crippen molar-refractivity contribution in [3.63, 3.8) is 0 Å². The Morgan fingerprint density at radius 3 is 2.91 bits per heavy atom. The minimum Gasteiger partial charge on any atom is -0.497 e. The van der Waals surface area contributed by atoms with E-state index >= 15 is 0 Å². The van der Waals surface area contributed by atoms with Gasteiger partial charge in [-0.15, -0.1) is 0 Å². The summed E-state index contributed by atoms with van der Waals surface area (Å²) in [5.74, 6) is 1.67. The fourth-order valence-corrected chi connectivity index (χ4v) is 2.53. The second kappa shape index (κ2) is 6.19. The van der Waals surface area contributed by atoms with E-state index in [9.17, 15) is 0 Å². The van der Waals surface area contributed by atoms with Crippen molar-refractivity contribution in [3.05, 3.63) is 24.5 Å². The summed E-state index contributed by atoms with van der Waals surface area (Å²) >= 11 is 0. The first-order chi connectivity index (χ1) is 10.7. The summed E-state index contributed by atoms with van der Waals surface area (Å²) in [6.07, 6.45) is 2.66. The molecule has 0 fully saturated rings. The average molecular weight is 299 g/mol. The van der Waals surface area contributed by atoms with Crippen LogP contribution < -0.4 is 10.1 Å². The number of aromatic nitrogens is 3. The Morgan fingerprint density at radius 2 is 2.14 bits per heavy atom. The number of nitrogens with one attached hydrogen (secondary N) is 2. The molecule has 22 heavy (non-hydrogen) atoms. The van der Waals surface area contributed by atoms with Gasteiger partial charge in [-0.1, -0.05) is 0 Å². The lowest BCUT2D eigenvalue weighted by Gasteiger charge is -2.10. The Kier molecular flexibility index (Phi) is 4.11. The average Bonchev–Trinajstić information content (AvgIpc) is 2.89. The van der Waals surface area contributed by atoms with E-state index in [4.69, 9.17) is 4.74 Å². The van der Waals surface area contributed by atoms with Crippen LogP contribution in [-0.2, 0) is 0 Å². The second-order valence-electron chi connectivity index (χ2n) is 5.57. The first kappa shape index (κ1) is 14.6. The molecule has 6 nitrogen and oxygen atoms in total. The van der Waals surface area contributed by atoms with Gasteiger partial charge in [-0.25, -0.2) is 9.97 Å². The van der Waals surface area contributed by atoms with Crippen LogP contribution in [0.15, 0.2) is 24.5 Å². The maximum Gasteiger partial charge on any atom is 0.153 e. The molecular formula is C16H21N5O. The minimum atomic E-state index is 0.826. The van der Waals surface area contributed by atoms with Crippen LogP contribution in [0.4, 0.5) is 5.82 Å². The number of rotatable bonds is 6. The zero-order valence-corrected chi connectivity index (χ0v) is 13.2. The molecule has 2 N–H and O–H groups in total. The van der Waals surface area contributed by atoms with E-state index in [0.29, 0.717) is 0 Å². The molecule has 2 heterocycles. The van der Waals surface area contributed by atoms with E-state index in [0.717, 1.165) is 53.0 Å². The number of fused-ring (bicyclic) bond motifs is 3. The molecule has 0 saturated heterocycles. The summed E-state index contributed by atoms with van der Waals surface area (Å²) in [5, 5.41) is 4.44. The molecule has 3 aromatic rings. The molecule has 0 spiro atoms. The fourth-order valence-electron chi connectivity index (χ4n) is 2.53. The van der Waals surface area contributed by atoms with Crippen LogP contribution in [0.25, 0.3) is 21.9 Å². The number of anilines is 1. The number of nitrogens with zero attached hydrogens (tertiary/aromatic N) is 3. The normalized spacial score (nSPS) is 11.5. The van der Waals surface area contributed by atoms with Crippen LogP contribution in [0.3, 0.4) is 0 Å². The summed E-state index contributed by atoms with van der Waals surface area (Å²) in [7, 11) is 5.82. The van der Waals surface area contributed by atoms with Crippen LogP contribution in [0.2, 0.25) is 0 Å². The molecule has 0 atom stereocenters. The number of hydrogen-bond donors (Lipinski definition) is 2. The van der Waals surface area contributed by atoms with Gasteiger partial charge in [-0.05, 0) is 45.3 Å². The van der Waals surface area contributed by atoms with E-state index in [2.05, 4.69) is 39.3 Å². The second-order valence-corrected chi connectivity index (χ2v) is 5.57. The number of benzene rings is 1. The summed E-state index contributed by atoms with van der Waals surface area (Å²) in [6, 6.07) is 5.94. The first-order valence-electron chi connectivity index (χ1n) is 7.38. The summed E-state index contributed by atoms with van der Waals surface area (Å²) in [4.78, 5) is 14.3. The first-order valence-corrected chi connectivity index (χ1v) is 7.38. The van der Waals surface area contributed by atoms with Gasteiger partial charge < -0.3 is 19.9 Å². The highest BCUT2D eigenvalue weighted by atomic mass is 16.5. The van der Waals surface area contributed by atoms with Gasteiger partial charge in [0.1, 0.15) is 23.1 Å². The Bertz CT molecular complexity index is 781. The highest BCUT2D eigenvalue weighted by molar-refractivity contribution is 6.08. The summed E-state index contributed by atoms with van der Waals surface area (Å²) in [5.41, 5.74) is 2.89. The van der Waals surface area contributed by atoms with Crippen LogP contribution >= 0.6 is 0 Å². The molecule has 6 heteroatoms. The monoisotopic (exact) mass is 299 g/mol. The summed E-state index contributed by atoms with van der Waals surface area (Å²) in [6.45, 7) is 1.92. The lowest BCUT2D eigenvalue weighted by atomic mass is 10.2. The van der Waals surface area contributed by atoms with Gasteiger partial charge in [-0.2, -0.15) is 0 Å². The Labute approximate surface area is 129 Å². The SMILES string of the molecule is COc1ccc2[nH]c3c(NCCCN(C)C)ncnc3c2c1. The van der Waals surface area contributed by atoms with Gasteiger partial charge in [0.2, 0.25) is 0 Å². The smallest absolute Gasteiger partial charge is 0.153 e. The van der Waals surface area contributed by atoms with Crippen molar-refractivity contribution in [1.29, 1.82) is 0 Å². The number of ether oxygens (including phenoxy) is 1. The van der Waals surface area contributed by atoms with Crippen LogP contribution in [0.5, 0.6) is 5.75 Å². The molecule has 3 rings (SSSR count). The Hall–Kier alpha value is -2.34. The predicted molar refractivity (Wildman–Crippen MR) is 89.6 cm³/mol. The van der Waals surface area contributed by atoms with Crippen molar-refractivity contribution in [2.75, 3.05) is 39.6 Å². The van der Waals surface area contributed by atoms with Gasteiger partial charge in [0.25, 0.3) is 0 Å². The summed E-state index contributed by atoms with van der Waals surface area (Å²) < 4.78 is 5.30. The van der Waals surface area contributed by atoms with Gasteiger partial charge in [0, 0.05) is 17.4 Å². The molecule has 0 unspecified atom stereocenters. The third-order valence-corrected chi connectivity index (χ3v) is 3.66. The van der Waals surface area contributed by atoms with Crippen molar-refractivity contribution >= 4 is 27.8 Å². The largest absolute Gasteiger partial charge is 0.497 e. The van der Waals surface area contributed by atoms with Crippen molar-refractivity contribution < 1.29 is 4.74 Å². The van der Waals surface area contributed by atoms with E-state index < -0.39 is 0 Å². The molecule has 0 amide bonds. The van der Waals surface area contributed by atoms with Crippen LogP contribution in [-0.4, -0.2) is 54.1 Å². The minimum absolute atomic E-state index is 0.826. The van der Waals surface area contributed by atoms with E-state index in [-0.39, 0.29) is 0 Å². The van der Waals surface area contributed by atoms with E-state index in [1.165, 1.54) is 0 Å². The lowest BCUT2D eigenvalue weighted by molar-refractivity contribution is 0.405. The molecule has 0 radical (unpaired) electrons. The quantitative estimate of drug-likeness (QED) is 0.685. The van der Waals surface area contributed by atoms with Gasteiger partial charge in [-0.3, -0.25) is 0 Å². The van der Waals surface area contributed by atoms with Crippen LogP contribution in [0, 0.1) is 0 Å². The molecule has 1 aromatic carbocycles. The Morgan fingerprint density at radius 1 is 1.27 bits per heavy atom. The Balaban J connectivity index is 1.91. The standard InChI is InChI=1S/C16H21N5O/c1-21(2)8-4-7-17-16-15-14(18-10-19-16)12-9-11(22-3)5-6-13(12)20-15/h5-6,9-10,20H,4,7-8H2,1-3H3,(H,17,18,19). The third-order valence-electron chi connectivity index (χ3n) is 3.66. The van der Waals surface area contributed by atoms with Crippen molar-refractivity contribution in [3.8, 4) is 5.75 Å². The highest BCUT2D eigenvalue weighted by Gasteiger charge is 2.11. The molecule has 116 valence electrons. The van der Waals surface area contributed by atoms with Crippen LogP contribution in [0.1, 0.15) is 6.42 Å². The number of H-pyrrole nitrogens is 1. The van der Waals surface area contributed by atoms with Gasteiger partial charge in [0.15, 0.2) is 5.82 Å². The van der Waals surface area contributed by atoms with Crippen molar-refractivity contribution in [2.45, 2.75) is 6.42 Å². The van der Waals surface area contributed by atoms with Crippen molar-refractivity contribution in [1.82, 2.24) is 19.9 Å².